The molecule has 4 rings (SSSR count). The van der Waals surface area contributed by atoms with Crippen LogP contribution in [0, 0.1) is 0 Å². The lowest BCUT2D eigenvalue weighted by Crippen LogP contribution is -2.50. The molecule has 128 valence electrons. The Morgan fingerprint density at radius 3 is 2.32 bits per heavy atom. The lowest BCUT2D eigenvalue weighted by molar-refractivity contribution is 0.0823. The monoisotopic (exact) mass is 335 g/mol. The summed E-state index contributed by atoms with van der Waals surface area (Å²) in [7, 11) is 0. The number of nitrogens with zero attached hydrogens (tertiary/aromatic N) is 1. The van der Waals surface area contributed by atoms with E-state index >= 15 is 0 Å². The van der Waals surface area contributed by atoms with Crippen molar-refractivity contribution in [2.45, 2.75) is 24.8 Å². The minimum atomic E-state index is -0.244. The molecule has 3 amide bonds. The maximum absolute atomic E-state index is 12.7. The van der Waals surface area contributed by atoms with Crippen LogP contribution in [0.25, 0.3) is 0 Å². The number of hydrogen-bond donors (Lipinski definition) is 2. The summed E-state index contributed by atoms with van der Waals surface area (Å²) in [6.07, 6.45) is 3.06. The molecule has 1 aliphatic carbocycles. The van der Waals surface area contributed by atoms with Crippen molar-refractivity contribution in [2.75, 3.05) is 18.0 Å². The van der Waals surface area contributed by atoms with Gasteiger partial charge in [0.2, 0.25) is 0 Å². The number of urea groups is 1. The van der Waals surface area contributed by atoms with Gasteiger partial charge in [0, 0.05) is 24.3 Å². The predicted molar refractivity (Wildman–Crippen MR) is 96.6 cm³/mol. The summed E-state index contributed by atoms with van der Waals surface area (Å²) in [5.74, 6) is -0.0685. The Balaban J connectivity index is 1.50. The lowest BCUT2D eigenvalue weighted by Gasteiger charge is -2.43. The third-order valence-electron chi connectivity index (χ3n) is 5.18. The van der Waals surface area contributed by atoms with Crippen LogP contribution in [0.15, 0.2) is 54.6 Å². The van der Waals surface area contributed by atoms with Crippen molar-refractivity contribution in [1.29, 1.82) is 0 Å². The van der Waals surface area contributed by atoms with E-state index in [1.807, 2.05) is 30.3 Å². The summed E-state index contributed by atoms with van der Waals surface area (Å²) < 4.78 is 0. The summed E-state index contributed by atoms with van der Waals surface area (Å²) in [6.45, 7) is 1.31. The Morgan fingerprint density at radius 2 is 1.76 bits per heavy atom. The molecule has 2 aromatic rings. The van der Waals surface area contributed by atoms with Crippen LogP contribution in [0.3, 0.4) is 0 Å². The molecule has 5 heteroatoms. The fourth-order valence-electron chi connectivity index (χ4n) is 3.57. The normalized spacial score (nSPS) is 18.4. The van der Waals surface area contributed by atoms with Crippen LogP contribution in [0.2, 0.25) is 0 Å². The largest absolute Gasteiger partial charge is 0.343 e. The quantitative estimate of drug-likeness (QED) is 0.902. The van der Waals surface area contributed by atoms with E-state index in [-0.39, 0.29) is 17.5 Å². The molecule has 0 atom stereocenters. The van der Waals surface area contributed by atoms with Gasteiger partial charge < -0.3 is 10.6 Å². The van der Waals surface area contributed by atoms with E-state index in [1.165, 1.54) is 5.56 Å². The fourth-order valence-corrected chi connectivity index (χ4v) is 3.57. The Hall–Kier alpha value is -2.82. The van der Waals surface area contributed by atoms with E-state index in [0.717, 1.165) is 24.9 Å². The zero-order chi connectivity index (χ0) is 17.3. The highest BCUT2D eigenvalue weighted by molar-refractivity contribution is 5.97. The number of carbonyl (C=O) groups is 2. The standard InChI is InChI=1S/C20H21N3O2/c24-18(22-20(11-4-12-20)16-5-2-1-3-6-16)15-7-9-17(10-8-15)23-14-13-21-19(23)25/h1-3,5-10H,4,11-14H2,(H,21,25)(H,22,24). The molecule has 2 fully saturated rings. The van der Waals surface area contributed by atoms with Crippen molar-refractivity contribution in [3.05, 3.63) is 65.7 Å². The zero-order valence-electron chi connectivity index (χ0n) is 14.0. The molecule has 1 saturated heterocycles. The Labute approximate surface area is 147 Å². The first-order valence-corrected chi connectivity index (χ1v) is 8.71. The fraction of sp³-hybridized carbons (Fsp3) is 0.300. The van der Waals surface area contributed by atoms with Gasteiger partial charge in [0.1, 0.15) is 0 Å². The Morgan fingerprint density at radius 1 is 1.04 bits per heavy atom. The van der Waals surface area contributed by atoms with Gasteiger partial charge in [-0.3, -0.25) is 9.69 Å². The topological polar surface area (TPSA) is 61.4 Å². The Kier molecular flexibility index (Phi) is 3.92. The second kappa shape index (κ2) is 6.24. The van der Waals surface area contributed by atoms with Gasteiger partial charge in [0.25, 0.3) is 5.91 Å². The van der Waals surface area contributed by atoms with Crippen LogP contribution in [0.4, 0.5) is 10.5 Å². The second-order valence-corrected chi connectivity index (χ2v) is 6.69. The van der Waals surface area contributed by atoms with Crippen LogP contribution < -0.4 is 15.5 Å². The van der Waals surface area contributed by atoms with Crippen molar-refractivity contribution >= 4 is 17.6 Å². The van der Waals surface area contributed by atoms with Crippen molar-refractivity contribution in [3.63, 3.8) is 0 Å². The summed E-state index contributed by atoms with van der Waals surface area (Å²) in [4.78, 5) is 26.1. The number of hydrogen-bond acceptors (Lipinski definition) is 2. The first-order chi connectivity index (χ1) is 12.2. The molecule has 2 N–H and O–H groups in total. The summed E-state index contributed by atoms with van der Waals surface area (Å²) >= 11 is 0. The maximum atomic E-state index is 12.7. The molecular formula is C20H21N3O2. The number of benzene rings is 2. The highest BCUT2D eigenvalue weighted by atomic mass is 16.2. The first kappa shape index (κ1) is 15.7. The smallest absolute Gasteiger partial charge is 0.321 e. The van der Waals surface area contributed by atoms with E-state index in [1.54, 1.807) is 17.0 Å². The van der Waals surface area contributed by atoms with Gasteiger partial charge in [0.05, 0.1) is 5.54 Å². The van der Waals surface area contributed by atoms with E-state index in [9.17, 15) is 9.59 Å². The van der Waals surface area contributed by atoms with Crippen LogP contribution in [0.1, 0.15) is 35.2 Å². The molecule has 0 bridgehead atoms. The van der Waals surface area contributed by atoms with E-state index in [4.69, 9.17) is 0 Å². The molecule has 1 saturated carbocycles. The molecular weight excluding hydrogens is 314 g/mol. The highest BCUT2D eigenvalue weighted by Gasteiger charge is 2.40. The molecule has 2 aromatic carbocycles. The van der Waals surface area contributed by atoms with Crippen LogP contribution in [0.5, 0.6) is 0 Å². The molecule has 5 nitrogen and oxygen atoms in total. The second-order valence-electron chi connectivity index (χ2n) is 6.69. The SMILES string of the molecule is O=C(NC1(c2ccccc2)CCC1)c1ccc(N2CCNC2=O)cc1. The van der Waals surface area contributed by atoms with E-state index < -0.39 is 0 Å². The maximum Gasteiger partial charge on any atom is 0.321 e. The van der Waals surface area contributed by atoms with Crippen LogP contribution in [-0.4, -0.2) is 25.0 Å². The average Bonchev–Trinajstić information content (AvgIpc) is 3.05. The molecule has 0 unspecified atom stereocenters. The summed E-state index contributed by atoms with van der Waals surface area (Å²) in [5, 5.41) is 6.01. The average molecular weight is 335 g/mol. The van der Waals surface area contributed by atoms with Gasteiger partial charge in [-0.05, 0) is 49.1 Å². The van der Waals surface area contributed by atoms with Crippen molar-refractivity contribution in [3.8, 4) is 0 Å². The third kappa shape index (κ3) is 2.86. The highest BCUT2D eigenvalue weighted by Crippen LogP contribution is 2.41. The molecule has 0 aromatic heterocycles. The van der Waals surface area contributed by atoms with Gasteiger partial charge >= 0.3 is 6.03 Å². The summed E-state index contributed by atoms with van der Waals surface area (Å²) in [5.41, 5.74) is 2.35. The molecule has 1 aliphatic heterocycles. The van der Waals surface area contributed by atoms with Crippen molar-refractivity contribution in [2.24, 2.45) is 0 Å². The molecule has 1 heterocycles. The van der Waals surface area contributed by atoms with Crippen LogP contribution >= 0.6 is 0 Å². The lowest BCUT2D eigenvalue weighted by atomic mass is 9.71. The molecule has 2 aliphatic rings. The number of carbonyl (C=O) groups excluding carboxylic acids is 2. The third-order valence-corrected chi connectivity index (χ3v) is 5.18. The number of nitrogens with one attached hydrogen (secondary N) is 2. The number of amides is 3. The van der Waals surface area contributed by atoms with Gasteiger partial charge in [-0.2, -0.15) is 0 Å². The molecule has 0 spiro atoms. The van der Waals surface area contributed by atoms with Gasteiger partial charge in [-0.1, -0.05) is 30.3 Å². The number of rotatable bonds is 4. The van der Waals surface area contributed by atoms with Gasteiger partial charge in [0.15, 0.2) is 0 Å². The van der Waals surface area contributed by atoms with E-state index in [0.29, 0.717) is 18.7 Å². The minimum absolute atomic E-state index is 0.0685. The van der Waals surface area contributed by atoms with Gasteiger partial charge in [-0.15, -0.1) is 0 Å². The van der Waals surface area contributed by atoms with E-state index in [2.05, 4.69) is 22.8 Å². The Bertz CT molecular complexity index is 782. The summed E-state index contributed by atoms with van der Waals surface area (Å²) in [6, 6.07) is 17.3. The predicted octanol–water partition coefficient (Wildman–Crippen LogP) is 3.03. The van der Waals surface area contributed by atoms with Crippen molar-refractivity contribution in [1.82, 2.24) is 10.6 Å². The molecule has 25 heavy (non-hydrogen) atoms. The first-order valence-electron chi connectivity index (χ1n) is 8.71. The molecule has 0 radical (unpaired) electrons. The zero-order valence-corrected chi connectivity index (χ0v) is 14.0. The van der Waals surface area contributed by atoms with Crippen molar-refractivity contribution < 1.29 is 9.59 Å². The van der Waals surface area contributed by atoms with Gasteiger partial charge in [-0.25, -0.2) is 4.79 Å². The van der Waals surface area contributed by atoms with Crippen LogP contribution in [-0.2, 0) is 5.54 Å². The number of anilines is 1. The minimum Gasteiger partial charge on any atom is -0.343 e.